The maximum Gasteiger partial charge on any atom is 0.138 e. The van der Waals surface area contributed by atoms with Gasteiger partial charge in [0.25, 0.3) is 0 Å². The van der Waals surface area contributed by atoms with Gasteiger partial charge in [-0.25, -0.2) is 9.67 Å². The lowest BCUT2D eigenvalue weighted by atomic mass is 9.83. The summed E-state index contributed by atoms with van der Waals surface area (Å²) in [5, 5.41) is 22.9. The van der Waals surface area contributed by atoms with Gasteiger partial charge in [0.05, 0.1) is 13.2 Å². The van der Waals surface area contributed by atoms with Crippen molar-refractivity contribution in [3.8, 4) is 0 Å². The molecule has 0 unspecified atom stereocenters. The van der Waals surface area contributed by atoms with Gasteiger partial charge >= 0.3 is 0 Å². The second kappa shape index (κ2) is 5.41. The SMILES string of the molecule is CCC(CO)(CO)Cc1ncnn1C(C)C. The normalized spacial score (nSPS) is 12.4. The topological polar surface area (TPSA) is 71.2 Å². The zero-order chi connectivity index (χ0) is 12.2. The maximum atomic E-state index is 9.39. The lowest BCUT2D eigenvalue weighted by molar-refractivity contribution is 0.0486. The van der Waals surface area contributed by atoms with Crippen molar-refractivity contribution in [3.05, 3.63) is 12.2 Å². The molecule has 1 aromatic rings. The van der Waals surface area contributed by atoms with E-state index in [-0.39, 0.29) is 19.3 Å². The van der Waals surface area contributed by atoms with Crippen LogP contribution in [0.4, 0.5) is 0 Å². The third-order valence-corrected chi connectivity index (χ3v) is 3.09. The van der Waals surface area contributed by atoms with Crippen LogP contribution in [0.25, 0.3) is 0 Å². The van der Waals surface area contributed by atoms with E-state index in [9.17, 15) is 10.2 Å². The predicted molar refractivity (Wildman–Crippen MR) is 61.0 cm³/mol. The summed E-state index contributed by atoms with van der Waals surface area (Å²) in [6.07, 6.45) is 2.78. The Morgan fingerprint density at radius 3 is 2.44 bits per heavy atom. The fourth-order valence-electron chi connectivity index (χ4n) is 1.68. The number of aromatic nitrogens is 3. The molecule has 0 aliphatic carbocycles. The highest BCUT2D eigenvalue weighted by molar-refractivity contribution is 4.94. The summed E-state index contributed by atoms with van der Waals surface area (Å²) >= 11 is 0. The van der Waals surface area contributed by atoms with Crippen molar-refractivity contribution in [1.29, 1.82) is 0 Å². The quantitative estimate of drug-likeness (QED) is 0.753. The average Bonchev–Trinajstić information content (AvgIpc) is 2.74. The zero-order valence-corrected chi connectivity index (χ0v) is 10.2. The standard InChI is InChI=1S/C11H21N3O2/c1-4-11(6-15,7-16)5-10-12-8-13-14(10)9(2)3/h8-9,15-16H,4-7H2,1-3H3. The van der Waals surface area contributed by atoms with E-state index in [4.69, 9.17) is 0 Å². The van der Waals surface area contributed by atoms with E-state index in [2.05, 4.69) is 10.1 Å². The van der Waals surface area contributed by atoms with Crippen molar-refractivity contribution in [3.63, 3.8) is 0 Å². The molecule has 0 fully saturated rings. The Kier molecular flexibility index (Phi) is 4.44. The lowest BCUT2D eigenvalue weighted by Gasteiger charge is -2.28. The highest BCUT2D eigenvalue weighted by Crippen LogP contribution is 2.25. The molecule has 1 heterocycles. The van der Waals surface area contributed by atoms with E-state index in [1.807, 2.05) is 25.5 Å². The van der Waals surface area contributed by atoms with E-state index in [0.29, 0.717) is 12.8 Å². The molecule has 0 aromatic carbocycles. The van der Waals surface area contributed by atoms with Gasteiger partial charge in [-0.2, -0.15) is 5.10 Å². The van der Waals surface area contributed by atoms with Crippen LogP contribution in [-0.4, -0.2) is 38.2 Å². The van der Waals surface area contributed by atoms with Gasteiger partial charge < -0.3 is 10.2 Å². The second-order valence-electron chi connectivity index (χ2n) is 4.56. The minimum atomic E-state index is -0.486. The largest absolute Gasteiger partial charge is 0.396 e. The Morgan fingerprint density at radius 1 is 1.38 bits per heavy atom. The van der Waals surface area contributed by atoms with E-state index < -0.39 is 5.41 Å². The van der Waals surface area contributed by atoms with Crippen molar-refractivity contribution in [2.24, 2.45) is 5.41 Å². The van der Waals surface area contributed by atoms with Crippen LogP contribution in [0, 0.1) is 5.41 Å². The molecule has 2 N–H and O–H groups in total. The zero-order valence-electron chi connectivity index (χ0n) is 10.2. The third-order valence-electron chi connectivity index (χ3n) is 3.09. The molecule has 0 saturated heterocycles. The van der Waals surface area contributed by atoms with Crippen molar-refractivity contribution in [1.82, 2.24) is 14.8 Å². The number of nitrogens with zero attached hydrogens (tertiary/aromatic N) is 3. The van der Waals surface area contributed by atoms with Crippen LogP contribution in [0.1, 0.15) is 39.1 Å². The summed E-state index contributed by atoms with van der Waals surface area (Å²) in [6, 6.07) is 0.240. The molecule has 16 heavy (non-hydrogen) atoms. The van der Waals surface area contributed by atoms with Gasteiger partial charge in [0.15, 0.2) is 0 Å². The molecule has 5 heteroatoms. The smallest absolute Gasteiger partial charge is 0.138 e. The first-order chi connectivity index (χ1) is 7.58. The first-order valence-corrected chi connectivity index (χ1v) is 5.68. The molecule has 0 bridgehead atoms. The van der Waals surface area contributed by atoms with Crippen LogP contribution >= 0.6 is 0 Å². The maximum absolute atomic E-state index is 9.39. The molecule has 0 saturated carbocycles. The van der Waals surface area contributed by atoms with Crippen molar-refractivity contribution in [2.75, 3.05) is 13.2 Å². The Balaban J connectivity index is 2.89. The van der Waals surface area contributed by atoms with Gasteiger partial charge in [0, 0.05) is 17.9 Å². The molecular weight excluding hydrogens is 206 g/mol. The van der Waals surface area contributed by atoms with Crippen LogP contribution in [0.3, 0.4) is 0 Å². The Bertz CT molecular complexity index is 311. The number of hydrogen-bond acceptors (Lipinski definition) is 4. The summed E-state index contributed by atoms with van der Waals surface area (Å²) in [4.78, 5) is 4.20. The minimum absolute atomic E-state index is 0.0368. The predicted octanol–water partition coefficient (Wildman–Crippen LogP) is 0.782. The Hall–Kier alpha value is -0.940. The van der Waals surface area contributed by atoms with Gasteiger partial charge in [-0.3, -0.25) is 0 Å². The van der Waals surface area contributed by atoms with Crippen LogP contribution < -0.4 is 0 Å². The van der Waals surface area contributed by atoms with Gasteiger partial charge in [-0.1, -0.05) is 6.92 Å². The molecule has 1 rings (SSSR count). The molecule has 0 spiro atoms. The number of rotatable bonds is 6. The molecule has 1 aromatic heterocycles. The summed E-state index contributed by atoms with van der Waals surface area (Å²) in [5.74, 6) is 0.819. The monoisotopic (exact) mass is 227 g/mol. The fourth-order valence-corrected chi connectivity index (χ4v) is 1.68. The molecule has 0 atom stereocenters. The van der Waals surface area contributed by atoms with Gasteiger partial charge in [-0.15, -0.1) is 0 Å². The van der Waals surface area contributed by atoms with Crippen LogP contribution in [0.2, 0.25) is 0 Å². The first kappa shape index (κ1) is 13.1. The summed E-state index contributed by atoms with van der Waals surface area (Å²) in [6.45, 7) is 5.95. The van der Waals surface area contributed by atoms with Crippen molar-refractivity contribution < 1.29 is 10.2 Å². The van der Waals surface area contributed by atoms with Crippen LogP contribution in [0.5, 0.6) is 0 Å². The van der Waals surface area contributed by atoms with Crippen molar-refractivity contribution >= 4 is 0 Å². The van der Waals surface area contributed by atoms with E-state index in [0.717, 1.165) is 5.82 Å². The van der Waals surface area contributed by atoms with Crippen molar-refractivity contribution in [2.45, 2.75) is 39.7 Å². The first-order valence-electron chi connectivity index (χ1n) is 5.68. The van der Waals surface area contributed by atoms with E-state index in [1.54, 1.807) is 0 Å². The number of aliphatic hydroxyl groups is 2. The molecule has 92 valence electrons. The number of aliphatic hydroxyl groups excluding tert-OH is 2. The minimum Gasteiger partial charge on any atom is -0.396 e. The fraction of sp³-hybridized carbons (Fsp3) is 0.818. The molecule has 0 amide bonds. The third kappa shape index (κ3) is 2.59. The molecule has 5 nitrogen and oxygen atoms in total. The highest BCUT2D eigenvalue weighted by atomic mass is 16.3. The average molecular weight is 227 g/mol. The summed E-state index contributed by atoms with van der Waals surface area (Å²) < 4.78 is 1.83. The molecule has 0 radical (unpaired) electrons. The highest BCUT2D eigenvalue weighted by Gasteiger charge is 2.29. The number of hydrogen-bond donors (Lipinski definition) is 2. The van der Waals surface area contributed by atoms with Crippen LogP contribution in [0.15, 0.2) is 6.33 Å². The second-order valence-corrected chi connectivity index (χ2v) is 4.56. The van der Waals surface area contributed by atoms with E-state index >= 15 is 0 Å². The van der Waals surface area contributed by atoms with Crippen LogP contribution in [-0.2, 0) is 6.42 Å². The molecule has 0 aliphatic heterocycles. The van der Waals surface area contributed by atoms with E-state index in [1.165, 1.54) is 6.33 Å². The lowest BCUT2D eigenvalue weighted by Crippen LogP contribution is -2.33. The Morgan fingerprint density at radius 2 is 2.00 bits per heavy atom. The summed E-state index contributed by atoms with van der Waals surface area (Å²) in [7, 11) is 0. The molecular formula is C11H21N3O2. The summed E-state index contributed by atoms with van der Waals surface area (Å²) in [5.41, 5.74) is -0.486. The van der Waals surface area contributed by atoms with Gasteiger partial charge in [-0.05, 0) is 20.3 Å². The Labute approximate surface area is 96.1 Å². The molecule has 0 aliphatic rings. The van der Waals surface area contributed by atoms with Gasteiger partial charge in [0.2, 0.25) is 0 Å². The van der Waals surface area contributed by atoms with Gasteiger partial charge in [0.1, 0.15) is 12.2 Å².